The normalized spacial score (nSPS) is 18.6. The quantitative estimate of drug-likeness (QED) is 0.482. The molecular formula is C26H33N7. The molecule has 0 aromatic carbocycles. The minimum Gasteiger partial charge on any atom is -0.370 e. The second-order valence-corrected chi connectivity index (χ2v) is 9.74. The van der Waals surface area contributed by atoms with Crippen LogP contribution in [0.4, 0.5) is 11.4 Å². The van der Waals surface area contributed by atoms with E-state index in [1.54, 1.807) is 0 Å². The van der Waals surface area contributed by atoms with E-state index in [0.29, 0.717) is 0 Å². The molecule has 4 aromatic heterocycles. The number of fused-ring (bicyclic) bond motifs is 2. The van der Waals surface area contributed by atoms with E-state index in [1.807, 2.05) is 18.6 Å². The van der Waals surface area contributed by atoms with Crippen molar-refractivity contribution in [1.29, 1.82) is 0 Å². The van der Waals surface area contributed by atoms with Crippen molar-refractivity contribution in [3.8, 4) is 0 Å². The van der Waals surface area contributed by atoms with Crippen LogP contribution in [0.15, 0.2) is 49.2 Å². The molecule has 0 saturated carbocycles. The van der Waals surface area contributed by atoms with Crippen LogP contribution in [-0.4, -0.2) is 69.5 Å². The van der Waals surface area contributed by atoms with Crippen molar-refractivity contribution in [3.05, 3.63) is 60.4 Å². The molecule has 2 saturated heterocycles. The summed E-state index contributed by atoms with van der Waals surface area (Å²) in [6.45, 7) is 12.3. The maximum Gasteiger partial charge on any atom is 0.160 e. The Balaban J connectivity index is 1.04. The summed E-state index contributed by atoms with van der Waals surface area (Å²) in [5.41, 5.74) is 7.26. The number of pyridine rings is 2. The Bertz CT molecular complexity index is 1260. The van der Waals surface area contributed by atoms with Crippen molar-refractivity contribution in [2.45, 2.75) is 26.7 Å². The molecule has 4 aromatic rings. The summed E-state index contributed by atoms with van der Waals surface area (Å²) in [4.78, 5) is 16.8. The van der Waals surface area contributed by atoms with Gasteiger partial charge in [-0.05, 0) is 56.4 Å². The standard InChI is InChI=1S/C26H33N7/c1-20-16-25-27-7-11-32(25)19-24(20)30-9-5-22(6-10-30)18-29-12-14-31(15-13-29)23-4-3-8-33-21(2)17-28-26(23)33/h3-4,7-8,11,16-17,19,22H,5-6,9-10,12-15,18H2,1-2H3. The first kappa shape index (κ1) is 20.5. The first-order chi connectivity index (χ1) is 16.2. The van der Waals surface area contributed by atoms with Crippen molar-refractivity contribution in [1.82, 2.24) is 23.7 Å². The van der Waals surface area contributed by atoms with Gasteiger partial charge in [-0.15, -0.1) is 0 Å². The molecule has 2 aliphatic rings. The highest BCUT2D eigenvalue weighted by molar-refractivity contribution is 5.69. The number of hydrogen-bond acceptors (Lipinski definition) is 5. The van der Waals surface area contributed by atoms with Gasteiger partial charge in [0.2, 0.25) is 0 Å². The van der Waals surface area contributed by atoms with Gasteiger partial charge in [-0.25, -0.2) is 9.97 Å². The van der Waals surface area contributed by atoms with Gasteiger partial charge in [-0.1, -0.05) is 0 Å². The SMILES string of the molecule is Cc1cc2nccn2cc1N1CCC(CN2CCN(c3cccn4c(C)cnc34)CC2)CC1. The number of nitrogens with zero attached hydrogens (tertiary/aromatic N) is 7. The van der Waals surface area contributed by atoms with E-state index in [2.05, 4.69) is 77.9 Å². The molecule has 0 amide bonds. The van der Waals surface area contributed by atoms with Crippen LogP contribution in [0.2, 0.25) is 0 Å². The fraction of sp³-hybridized carbons (Fsp3) is 0.462. The van der Waals surface area contributed by atoms with Crippen molar-refractivity contribution >= 4 is 22.7 Å². The summed E-state index contributed by atoms with van der Waals surface area (Å²) in [5, 5.41) is 0. The van der Waals surface area contributed by atoms with Crippen LogP contribution in [0.1, 0.15) is 24.1 Å². The smallest absolute Gasteiger partial charge is 0.160 e. The number of rotatable bonds is 4. The maximum atomic E-state index is 4.66. The summed E-state index contributed by atoms with van der Waals surface area (Å²) in [5.74, 6) is 0.795. The Morgan fingerprint density at radius 1 is 0.909 bits per heavy atom. The second-order valence-electron chi connectivity index (χ2n) is 9.74. The fourth-order valence-electron chi connectivity index (χ4n) is 5.64. The lowest BCUT2D eigenvalue weighted by atomic mass is 9.95. The third-order valence-electron chi connectivity index (χ3n) is 7.59. The van der Waals surface area contributed by atoms with Crippen LogP contribution in [0.25, 0.3) is 11.3 Å². The van der Waals surface area contributed by atoms with Gasteiger partial charge < -0.3 is 18.6 Å². The molecule has 0 spiro atoms. The van der Waals surface area contributed by atoms with Crippen LogP contribution >= 0.6 is 0 Å². The third-order valence-corrected chi connectivity index (χ3v) is 7.59. The van der Waals surface area contributed by atoms with E-state index >= 15 is 0 Å². The number of hydrogen-bond donors (Lipinski definition) is 0. The van der Waals surface area contributed by atoms with E-state index in [4.69, 9.17) is 0 Å². The Hall–Kier alpha value is -3.06. The third kappa shape index (κ3) is 3.84. The molecule has 33 heavy (non-hydrogen) atoms. The fourth-order valence-corrected chi connectivity index (χ4v) is 5.64. The Kier molecular flexibility index (Phi) is 5.21. The summed E-state index contributed by atoms with van der Waals surface area (Å²) >= 11 is 0. The summed E-state index contributed by atoms with van der Waals surface area (Å²) in [6.07, 6.45) is 12.8. The predicted molar refractivity (Wildman–Crippen MR) is 133 cm³/mol. The van der Waals surface area contributed by atoms with Crippen LogP contribution in [0, 0.1) is 19.8 Å². The summed E-state index contributed by atoms with van der Waals surface area (Å²) < 4.78 is 4.33. The maximum absolute atomic E-state index is 4.66. The van der Waals surface area contributed by atoms with Crippen LogP contribution < -0.4 is 9.80 Å². The van der Waals surface area contributed by atoms with E-state index < -0.39 is 0 Å². The lowest BCUT2D eigenvalue weighted by molar-refractivity contribution is 0.201. The first-order valence-electron chi connectivity index (χ1n) is 12.2. The lowest BCUT2D eigenvalue weighted by Crippen LogP contribution is -2.49. The number of anilines is 2. The summed E-state index contributed by atoms with van der Waals surface area (Å²) in [7, 11) is 0. The highest BCUT2D eigenvalue weighted by Gasteiger charge is 2.25. The van der Waals surface area contributed by atoms with Gasteiger partial charge in [0.25, 0.3) is 0 Å². The highest BCUT2D eigenvalue weighted by Crippen LogP contribution is 2.28. The molecular weight excluding hydrogens is 410 g/mol. The molecule has 7 heteroatoms. The Morgan fingerprint density at radius 3 is 2.52 bits per heavy atom. The van der Waals surface area contributed by atoms with Crippen molar-refractivity contribution in [2.75, 3.05) is 55.6 Å². The monoisotopic (exact) mass is 443 g/mol. The van der Waals surface area contributed by atoms with E-state index in [0.717, 1.165) is 56.5 Å². The van der Waals surface area contributed by atoms with Crippen LogP contribution in [-0.2, 0) is 0 Å². The van der Waals surface area contributed by atoms with Gasteiger partial charge in [-0.2, -0.15) is 0 Å². The predicted octanol–water partition coefficient (Wildman–Crippen LogP) is 3.64. The average Bonchev–Trinajstić information content (AvgIpc) is 3.46. The van der Waals surface area contributed by atoms with Crippen molar-refractivity contribution in [3.63, 3.8) is 0 Å². The first-order valence-corrected chi connectivity index (χ1v) is 12.2. The van der Waals surface area contributed by atoms with Gasteiger partial charge in [0.05, 0.1) is 11.4 Å². The zero-order chi connectivity index (χ0) is 22.4. The average molecular weight is 444 g/mol. The molecule has 6 rings (SSSR count). The molecule has 172 valence electrons. The molecule has 0 aliphatic carbocycles. The number of imidazole rings is 2. The van der Waals surface area contributed by atoms with Crippen LogP contribution in [0.3, 0.4) is 0 Å². The molecule has 0 unspecified atom stereocenters. The molecule has 0 bridgehead atoms. The minimum absolute atomic E-state index is 0.795. The second kappa shape index (κ2) is 8.37. The Morgan fingerprint density at radius 2 is 1.70 bits per heavy atom. The Labute approximate surface area is 195 Å². The van der Waals surface area contributed by atoms with Gasteiger partial charge >= 0.3 is 0 Å². The van der Waals surface area contributed by atoms with Crippen molar-refractivity contribution in [2.24, 2.45) is 5.92 Å². The zero-order valence-electron chi connectivity index (χ0n) is 19.7. The van der Waals surface area contributed by atoms with Gasteiger partial charge in [-0.3, -0.25) is 4.90 Å². The molecule has 6 heterocycles. The molecule has 2 aliphatic heterocycles. The number of aryl methyl sites for hydroxylation is 2. The zero-order valence-corrected chi connectivity index (χ0v) is 19.7. The topological polar surface area (TPSA) is 44.3 Å². The lowest BCUT2D eigenvalue weighted by Gasteiger charge is -2.40. The molecule has 0 radical (unpaired) electrons. The molecule has 2 fully saturated rings. The number of aromatic nitrogens is 4. The number of piperidine rings is 1. The van der Waals surface area contributed by atoms with Crippen molar-refractivity contribution < 1.29 is 0 Å². The van der Waals surface area contributed by atoms with Gasteiger partial charge in [0, 0.05) is 82.5 Å². The molecule has 0 atom stereocenters. The number of piperazine rings is 1. The van der Waals surface area contributed by atoms with Crippen LogP contribution in [0.5, 0.6) is 0 Å². The largest absolute Gasteiger partial charge is 0.370 e. The minimum atomic E-state index is 0.795. The van der Waals surface area contributed by atoms with Gasteiger partial charge in [0.1, 0.15) is 5.65 Å². The van der Waals surface area contributed by atoms with Gasteiger partial charge in [0.15, 0.2) is 5.65 Å². The summed E-state index contributed by atoms with van der Waals surface area (Å²) in [6, 6.07) is 6.56. The highest BCUT2D eigenvalue weighted by atomic mass is 15.3. The molecule has 7 nitrogen and oxygen atoms in total. The molecule has 0 N–H and O–H groups in total. The van der Waals surface area contributed by atoms with E-state index in [-0.39, 0.29) is 0 Å². The van der Waals surface area contributed by atoms with E-state index in [1.165, 1.54) is 42.0 Å². The van der Waals surface area contributed by atoms with E-state index in [9.17, 15) is 0 Å².